The van der Waals surface area contributed by atoms with E-state index in [-0.39, 0.29) is 5.56 Å². The van der Waals surface area contributed by atoms with E-state index in [1.807, 2.05) is 0 Å². The minimum atomic E-state index is -2.15. The lowest BCUT2D eigenvalue weighted by Crippen LogP contribution is -2.48. The Morgan fingerprint density at radius 3 is 2.43 bits per heavy atom. The molecule has 2 N–H and O–H groups in total. The van der Waals surface area contributed by atoms with Crippen LogP contribution < -0.4 is 4.72 Å². The lowest BCUT2D eigenvalue weighted by atomic mass is 9.89. The minimum Gasteiger partial charge on any atom is -0.364 e. The summed E-state index contributed by atoms with van der Waals surface area (Å²) in [6.07, 6.45) is -2.57. The van der Waals surface area contributed by atoms with Crippen molar-refractivity contribution in [2.45, 2.75) is 50.8 Å². The van der Waals surface area contributed by atoms with Crippen molar-refractivity contribution in [1.82, 2.24) is 4.72 Å². The maximum Gasteiger partial charge on any atom is 0.198 e. The first-order valence-electron chi connectivity index (χ1n) is 6.43. The van der Waals surface area contributed by atoms with Gasteiger partial charge >= 0.3 is 0 Å². The molecule has 1 aromatic carbocycles. The average Bonchev–Trinajstić information content (AvgIpc) is 2.29. The molecular weight excluding hydrogens is 364 g/mol. The largest absolute Gasteiger partial charge is 0.364 e. The molecule has 3 unspecified atom stereocenters. The van der Waals surface area contributed by atoms with E-state index >= 15 is 0 Å². The Kier molecular flexibility index (Phi) is 6.06. The van der Waals surface area contributed by atoms with Crippen molar-refractivity contribution in [2.75, 3.05) is 0 Å². The molecule has 0 amide bonds. The molecule has 0 aliphatic rings. The first-order chi connectivity index (χ1) is 9.45. The number of benzene rings is 1. The predicted octanol–water partition coefficient (Wildman–Crippen LogP) is 3.53. The second kappa shape index (κ2) is 6.81. The van der Waals surface area contributed by atoms with Crippen LogP contribution in [-0.2, 0) is 16.5 Å². The highest BCUT2D eigenvalue weighted by Gasteiger charge is 2.36. The van der Waals surface area contributed by atoms with Crippen molar-refractivity contribution < 1.29 is 18.1 Å². The van der Waals surface area contributed by atoms with Crippen LogP contribution in [0.25, 0.3) is 0 Å². The van der Waals surface area contributed by atoms with Crippen LogP contribution in [0.2, 0.25) is 0 Å². The van der Waals surface area contributed by atoms with Gasteiger partial charge in [-0.25, -0.2) is 17.7 Å². The highest BCUT2D eigenvalue weighted by atomic mass is 79.9. The Bertz CT molecular complexity index is 534. The van der Waals surface area contributed by atoms with Crippen LogP contribution in [0.3, 0.4) is 0 Å². The SMILES string of the molecule is CC(CC(O)F)(NS(=O)C(C)(C)C)c1cc(Br)ccc1F. The van der Waals surface area contributed by atoms with Crippen molar-refractivity contribution in [2.24, 2.45) is 0 Å². The van der Waals surface area contributed by atoms with Gasteiger partial charge in [0.25, 0.3) is 0 Å². The van der Waals surface area contributed by atoms with E-state index in [4.69, 9.17) is 5.11 Å². The summed E-state index contributed by atoms with van der Waals surface area (Å²) in [4.78, 5) is 0. The molecule has 0 aliphatic heterocycles. The molecule has 7 heteroatoms. The van der Waals surface area contributed by atoms with Crippen LogP contribution >= 0.6 is 15.9 Å². The summed E-state index contributed by atoms with van der Waals surface area (Å²) in [6, 6.07) is 4.25. The number of hydrogen-bond donors (Lipinski definition) is 2. The van der Waals surface area contributed by atoms with Crippen molar-refractivity contribution >= 4 is 26.9 Å². The minimum absolute atomic E-state index is 0.145. The van der Waals surface area contributed by atoms with E-state index in [2.05, 4.69) is 20.7 Å². The summed E-state index contributed by atoms with van der Waals surface area (Å²) in [5, 5.41) is 9.09. The lowest BCUT2D eigenvalue weighted by molar-refractivity contribution is 0.0131. The van der Waals surface area contributed by atoms with E-state index in [0.29, 0.717) is 4.47 Å². The molecule has 0 heterocycles. The quantitative estimate of drug-likeness (QED) is 0.816. The number of hydrogen-bond acceptors (Lipinski definition) is 2. The van der Waals surface area contributed by atoms with Crippen molar-refractivity contribution in [3.8, 4) is 0 Å². The van der Waals surface area contributed by atoms with Gasteiger partial charge in [0.2, 0.25) is 0 Å². The number of nitrogens with one attached hydrogen (secondary N) is 1. The van der Waals surface area contributed by atoms with Crippen LogP contribution in [0, 0.1) is 5.82 Å². The second-order valence-electron chi connectivity index (χ2n) is 6.08. The fourth-order valence-corrected chi connectivity index (χ4v) is 3.09. The summed E-state index contributed by atoms with van der Waals surface area (Å²) in [7, 11) is -1.55. The van der Waals surface area contributed by atoms with Crippen LogP contribution in [0.1, 0.15) is 39.7 Å². The third-order valence-electron chi connectivity index (χ3n) is 2.97. The Labute approximate surface area is 134 Å². The van der Waals surface area contributed by atoms with E-state index in [1.165, 1.54) is 25.1 Å². The van der Waals surface area contributed by atoms with Gasteiger partial charge in [0.15, 0.2) is 6.36 Å². The zero-order valence-electron chi connectivity index (χ0n) is 12.4. The maximum absolute atomic E-state index is 14.1. The van der Waals surface area contributed by atoms with Gasteiger partial charge in [0.1, 0.15) is 5.82 Å². The van der Waals surface area contributed by atoms with Gasteiger partial charge in [0.05, 0.1) is 21.3 Å². The number of alkyl halides is 1. The topological polar surface area (TPSA) is 49.3 Å². The van der Waals surface area contributed by atoms with Gasteiger partial charge in [0, 0.05) is 16.5 Å². The molecule has 0 fully saturated rings. The third kappa shape index (κ3) is 5.09. The molecule has 0 saturated heterocycles. The predicted molar refractivity (Wildman–Crippen MR) is 84.2 cm³/mol. The molecule has 21 heavy (non-hydrogen) atoms. The van der Waals surface area contributed by atoms with Crippen LogP contribution in [0.4, 0.5) is 8.78 Å². The zero-order chi connectivity index (χ0) is 16.4. The molecular formula is C14H20BrF2NO2S. The van der Waals surface area contributed by atoms with E-state index < -0.39 is 39.9 Å². The number of rotatable bonds is 5. The average molecular weight is 384 g/mol. The van der Waals surface area contributed by atoms with Crippen LogP contribution in [-0.4, -0.2) is 20.4 Å². The van der Waals surface area contributed by atoms with E-state index in [0.717, 1.165) is 0 Å². The molecule has 1 aromatic rings. The van der Waals surface area contributed by atoms with Gasteiger partial charge in [-0.1, -0.05) is 15.9 Å². The molecule has 1 rings (SSSR count). The van der Waals surface area contributed by atoms with E-state index in [9.17, 15) is 13.0 Å². The fourth-order valence-electron chi connectivity index (χ4n) is 1.82. The third-order valence-corrected chi connectivity index (χ3v) is 5.22. The Balaban J connectivity index is 3.26. The van der Waals surface area contributed by atoms with Gasteiger partial charge in [-0.3, -0.25) is 0 Å². The first-order valence-corrected chi connectivity index (χ1v) is 8.37. The fraction of sp³-hybridized carbons (Fsp3) is 0.571. The van der Waals surface area contributed by atoms with Crippen LogP contribution in [0.5, 0.6) is 0 Å². The van der Waals surface area contributed by atoms with Crippen molar-refractivity contribution in [3.63, 3.8) is 0 Å². The van der Waals surface area contributed by atoms with Gasteiger partial charge in [-0.15, -0.1) is 0 Å². The normalized spacial score (nSPS) is 18.1. The molecule has 0 bridgehead atoms. The number of aliphatic hydroxyl groups is 1. The summed E-state index contributed by atoms with van der Waals surface area (Å²) in [5.41, 5.74) is -1.16. The zero-order valence-corrected chi connectivity index (χ0v) is 14.8. The molecule has 0 spiro atoms. The molecule has 3 nitrogen and oxygen atoms in total. The number of aliphatic hydroxyl groups excluding tert-OH is 1. The van der Waals surface area contributed by atoms with Crippen molar-refractivity contribution in [3.05, 3.63) is 34.1 Å². The smallest absolute Gasteiger partial charge is 0.198 e. The second-order valence-corrected chi connectivity index (χ2v) is 8.96. The van der Waals surface area contributed by atoms with Gasteiger partial charge < -0.3 is 5.11 Å². The summed E-state index contributed by atoms with van der Waals surface area (Å²) in [6.45, 7) is 6.77. The molecule has 0 aliphatic carbocycles. The molecule has 0 radical (unpaired) electrons. The van der Waals surface area contributed by atoms with Gasteiger partial charge in [-0.05, 0) is 45.9 Å². The Hall–Kier alpha value is -0.370. The highest BCUT2D eigenvalue weighted by molar-refractivity contribution is 9.10. The summed E-state index contributed by atoms with van der Waals surface area (Å²) in [5.74, 6) is -0.556. The number of halogens is 3. The molecule has 0 saturated carbocycles. The highest BCUT2D eigenvalue weighted by Crippen LogP contribution is 2.32. The monoisotopic (exact) mass is 383 g/mol. The molecule has 3 atom stereocenters. The lowest BCUT2D eigenvalue weighted by Gasteiger charge is -2.34. The molecule has 120 valence electrons. The van der Waals surface area contributed by atoms with Gasteiger partial charge in [-0.2, -0.15) is 0 Å². The molecule has 0 aromatic heterocycles. The Morgan fingerprint density at radius 1 is 1.38 bits per heavy atom. The van der Waals surface area contributed by atoms with E-state index in [1.54, 1.807) is 20.8 Å². The Morgan fingerprint density at radius 2 is 1.95 bits per heavy atom. The van der Waals surface area contributed by atoms with Crippen molar-refractivity contribution in [1.29, 1.82) is 0 Å². The summed E-state index contributed by atoms with van der Waals surface area (Å²) < 4.78 is 42.3. The standard InChI is InChI=1S/C14H20BrF2NO2S/c1-13(2,3)21(20)18-14(4,8-12(17)19)10-7-9(15)5-6-11(10)16/h5-7,12,18-19H,8H2,1-4H3. The maximum atomic E-state index is 14.1. The summed E-state index contributed by atoms with van der Waals surface area (Å²) >= 11 is 3.23. The first kappa shape index (κ1) is 18.7. The van der Waals surface area contributed by atoms with Crippen LogP contribution in [0.15, 0.2) is 22.7 Å².